The number of hydrogen-bond acceptors (Lipinski definition) is 4. The van der Waals surface area contributed by atoms with Crippen LogP contribution in [0.4, 0.5) is 0 Å². The number of nitrogens with one attached hydrogen (secondary N) is 1. The molecule has 2 aromatic rings. The summed E-state index contributed by atoms with van der Waals surface area (Å²) in [5, 5.41) is 7.54. The molecule has 1 unspecified atom stereocenters. The van der Waals surface area contributed by atoms with Gasteiger partial charge in [0, 0.05) is 6.04 Å². The zero-order chi connectivity index (χ0) is 14.4. The summed E-state index contributed by atoms with van der Waals surface area (Å²) in [6.07, 6.45) is 0. The van der Waals surface area contributed by atoms with E-state index in [0.717, 1.165) is 18.0 Å². The Kier molecular flexibility index (Phi) is 5.44. The van der Waals surface area contributed by atoms with E-state index in [1.807, 2.05) is 12.1 Å². The van der Waals surface area contributed by atoms with Crippen molar-refractivity contribution in [2.24, 2.45) is 0 Å². The van der Waals surface area contributed by atoms with Crippen LogP contribution in [-0.2, 0) is 6.61 Å². The highest BCUT2D eigenvalue weighted by Gasteiger charge is 2.10. The molecule has 1 aromatic carbocycles. The molecule has 2 rings (SSSR count). The third-order valence-electron chi connectivity index (χ3n) is 3.17. The first-order valence-corrected chi connectivity index (χ1v) is 7.74. The molecule has 108 valence electrons. The zero-order valence-corrected chi connectivity index (χ0v) is 13.0. The molecule has 0 saturated heterocycles. The number of hydrogen-bond donors (Lipinski definition) is 1. The van der Waals surface area contributed by atoms with Gasteiger partial charge in [0.25, 0.3) is 0 Å². The lowest BCUT2D eigenvalue weighted by Crippen LogP contribution is -2.17. The molecule has 0 aliphatic carbocycles. The van der Waals surface area contributed by atoms with Crippen LogP contribution in [0.1, 0.15) is 31.0 Å². The Morgan fingerprint density at radius 3 is 2.75 bits per heavy atom. The van der Waals surface area contributed by atoms with E-state index in [2.05, 4.69) is 42.1 Å². The van der Waals surface area contributed by atoms with Gasteiger partial charge in [0.15, 0.2) is 11.5 Å². The predicted octanol–water partition coefficient (Wildman–Crippen LogP) is 4.01. The minimum absolute atomic E-state index is 0.305. The average Bonchev–Trinajstić information content (AvgIpc) is 2.98. The summed E-state index contributed by atoms with van der Waals surface area (Å²) >= 11 is 1.68. The molecule has 1 N–H and O–H groups in total. The highest BCUT2D eigenvalue weighted by atomic mass is 32.1. The number of methoxy groups -OCH3 is 1. The Labute approximate surface area is 124 Å². The summed E-state index contributed by atoms with van der Waals surface area (Å²) in [6.45, 7) is 5.76. The van der Waals surface area contributed by atoms with Gasteiger partial charge in [-0.3, -0.25) is 0 Å². The van der Waals surface area contributed by atoms with Gasteiger partial charge in [-0.15, -0.1) is 0 Å². The summed E-state index contributed by atoms with van der Waals surface area (Å²) in [7, 11) is 1.68. The van der Waals surface area contributed by atoms with Crippen molar-refractivity contribution in [3.63, 3.8) is 0 Å². The van der Waals surface area contributed by atoms with E-state index in [9.17, 15) is 0 Å². The molecule has 1 aromatic heterocycles. The van der Waals surface area contributed by atoms with E-state index in [1.165, 1.54) is 11.1 Å². The molecule has 0 amide bonds. The molecular formula is C16H21NO2S. The highest BCUT2D eigenvalue weighted by Crippen LogP contribution is 2.31. The summed E-state index contributed by atoms with van der Waals surface area (Å²) in [4.78, 5) is 0. The molecule has 20 heavy (non-hydrogen) atoms. The molecule has 4 heteroatoms. The third-order valence-corrected chi connectivity index (χ3v) is 3.90. The van der Waals surface area contributed by atoms with E-state index >= 15 is 0 Å². The lowest BCUT2D eigenvalue weighted by Gasteiger charge is -2.16. The fraction of sp³-hybridized carbons (Fsp3) is 0.375. The second-order valence-electron chi connectivity index (χ2n) is 4.61. The Balaban J connectivity index is 2.09. The van der Waals surface area contributed by atoms with E-state index < -0.39 is 0 Å². The molecule has 0 saturated carbocycles. The van der Waals surface area contributed by atoms with Crippen molar-refractivity contribution in [2.75, 3.05) is 13.7 Å². The largest absolute Gasteiger partial charge is 0.493 e. The lowest BCUT2D eigenvalue weighted by molar-refractivity contribution is 0.284. The van der Waals surface area contributed by atoms with E-state index in [1.54, 1.807) is 18.4 Å². The van der Waals surface area contributed by atoms with Crippen molar-refractivity contribution in [2.45, 2.75) is 26.5 Å². The van der Waals surface area contributed by atoms with Crippen molar-refractivity contribution in [3.05, 3.63) is 46.2 Å². The monoisotopic (exact) mass is 291 g/mol. The zero-order valence-electron chi connectivity index (χ0n) is 12.2. The van der Waals surface area contributed by atoms with Crippen molar-refractivity contribution in [3.8, 4) is 11.5 Å². The topological polar surface area (TPSA) is 30.5 Å². The average molecular weight is 291 g/mol. The number of ether oxygens (including phenoxy) is 2. The van der Waals surface area contributed by atoms with Crippen LogP contribution in [0, 0.1) is 0 Å². The maximum absolute atomic E-state index is 5.83. The van der Waals surface area contributed by atoms with E-state index in [-0.39, 0.29) is 0 Å². The van der Waals surface area contributed by atoms with Crippen LogP contribution in [0.25, 0.3) is 0 Å². The molecule has 0 spiro atoms. The predicted molar refractivity (Wildman–Crippen MR) is 83.7 cm³/mol. The van der Waals surface area contributed by atoms with Crippen LogP contribution in [0.3, 0.4) is 0 Å². The first-order valence-electron chi connectivity index (χ1n) is 6.79. The van der Waals surface area contributed by atoms with Crippen molar-refractivity contribution >= 4 is 11.3 Å². The quantitative estimate of drug-likeness (QED) is 0.836. The van der Waals surface area contributed by atoms with Gasteiger partial charge in [0.1, 0.15) is 6.61 Å². The Morgan fingerprint density at radius 1 is 1.25 bits per heavy atom. The summed E-state index contributed by atoms with van der Waals surface area (Å²) in [6, 6.07) is 8.47. The standard InChI is InChI=1S/C16H21NO2S/c1-4-17-12(2)14-5-6-15(16(9-14)18-3)19-10-13-7-8-20-11-13/h5-9,11-12,17H,4,10H2,1-3H3. The number of benzene rings is 1. The molecule has 0 aliphatic rings. The smallest absolute Gasteiger partial charge is 0.161 e. The van der Waals surface area contributed by atoms with E-state index in [4.69, 9.17) is 9.47 Å². The minimum Gasteiger partial charge on any atom is -0.493 e. The molecule has 0 fully saturated rings. The fourth-order valence-corrected chi connectivity index (χ4v) is 2.69. The SMILES string of the molecule is CCNC(C)c1ccc(OCc2ccsc2)c(OC)c1. The Morgan fingerprint density at radius 2 is 2.10 bits per heavy atom. The molecule has 3 nitrogen and oxygen atoms in total. The normalized spacial score (nSPS) is 12.2. The Bertz CT molecular complexity index is 525. The maximum atomic E-state index is 5.83. The van der Waals surface area contributed by atoms with Gasteiger partial charge >= 0.3 is 0 Å². The van der Waals surface area contributed by atoms with Gasteiger partial charge in [-0.05, 0) is 53.6 Å². The van der Waals surface area contributed by atoms with Crippen LogP contribution in [0.5, 0.6) is 11.5 Å². The molecule has 0 radical (unpaired) electrons. The van der Waals surface area contributed by atoms with Crippen molar-refractivity contribution in [1.82, 2.24) is 5.32 Å². The molecule has 1 atom stereocenters. The van der Waals surface area contributed by atoms with Crippen molar-refractivity contribution in [1.29, 1.82) is 0 Å². The second kappa shape index (κ2) is 7.31. The third kappa shape index (κ3) is 3.74. The van der Waals surface area contributed by atoms with Gasteiger partial charge < -0.3 is 14.8 Å². The minimum atomic E-state index is 0.305. The first kappa shape index (κ1) is 14.9. The highest BCUT2D eigenvalue weighted by molar-refractivity contribution is 7.07. The van der Waals surface area contributed by atoms with Crippen LogP contribution >= 0.6 is 11.3 Å². The maximum Gasteiger partial charge on any atom is 0.161 e. The first-order chi connectivity index (χ1) is 9.74. The molecule has 1 heterocycles. The van der Waals surface area contributed by atoms with Gasteiger partial charge in [-0.1, -0.05) is 13.0 Å². The second-order valence-corrected chi connectivity index (χ2v) is 5.39. The van der Waals surface area contributed by atoms with Gasteiger partial charge in [-0.25, -0.2) is 0 Å². The van der Waals surface area contributed by atoms with Crippen molar-refractivity contribution < 1.29 is 9.47 Å². The molecule has 0 aliphatic heterocycles. The van der Waals surface area contributed by atoms with E-state index in [0.29, 0.717) is 12.6 Å². The lowest BCUT2D eigenvalue weighted by atomic mass is 10.1. The summed E-state index contributed by atoms with van der Waals surface area (Å²) < 4.78 is 11.3. The van der Waals surface area contributed by atoms with Crippen LogP contribution in [0.2, 0.25) is 0 Å². The number of thiophene rings is 1. The molecule has 0 bridgehead atoms. The molecular weight excluding hydrogens is 270 g/mol. The van der Waals surface area contributed by atoms with Gasteiger partial charge in [0.05, 0.1) is 7.11 Å². The van der Waals surface area contributed by atoms with Crippen LogP contribution in [-0.4, -0.2) is 13.7 Å². The van der Waals surface area contributed by atoms with Gasteiger partial charge in [-0.2, -0.15) is 11.3 Å². The van der Waals surface area contributed by atoms with Crippen LogP contribution in [0.15, 0.2) is 35.0 Å². The summed E-state index contributed by atoms with van der Waals surface area (Å²) in [5.74, 6) is 1.56. The fourth-order valence-electron chi connectivity index (χ4n) is 2.03. The van der Waals surface area contributed by atoms with Gasteiger partial charge in [0.2, 0.25) is 0 Å². The number of rotatable bonds is 7. The van der Waals surface area contributed by atoms with Crippen LogP contribution < -0.4 is 14.8 Å². The summed E-state index contributed by atoms with van der Waals surface area (Å²) in [5.41, 5.74) is 2.38. The Hall–Kier alpha value is -1.52.